The standard InChI is InChI=1S/C15H13N3O2S/c1-10-4-3-5-11(16-10)6-7-12-13(20-2)14(19)18-8-9-21-15(18)17-12/h3-9H,1-2H3. The molecule has 0 fully saturated rings. The molecule has 3 aromatic rings. The first-order valence-corrected chi connectivity index (χ1v) is 7.22. The van der Waals surface area contributed by atoms with Gasteiger partial charge in [-0.25, -0.2) is 4.98 Å². The Labute approximate surface area is 125 Å². The number of nitrogens with zero attached hydrogens (tertiary/aromatic N) is 3. The van der Waals surface area contributed by atoms with Crippen molar-refractivity contribution in [3.8, 4) is 5.75 Å². The number of fused-ring (bicyclic) bond motifs is 1. The molecule has 3 aromatic heterocycles. The van der Waals surface area contributed by atoms with E-state index in [-0.39, 0.29) is 11.3 Å². The smallest absolute Gasteiger partial charge is 0.301 e. The summed E-state index contributed by atoms with van der Waals surface area (Å²) < 4.78 is 6.68. The van der Waals surface area contributed by atoms with Crippen molar-refractivity contribution in [2.24, 2.45) is 0 Å². The quantitative estimate of drug-likeness (QED) is 0.746. The van der Waals surface area contributed by atoms with E-state index in [9.17, 15) is 4.79 Å². The highest BCUT2D eigenvalue weighted by Crippen LogP contribution is 2.17. The van der Waals surface area contributed by atoms with Crippen molar-refractivity contribution in [1.29, 1.82) is 0 Å². The van der Waals surface area contributed by atoms with Crippen LogP contribution in [0.15, 0.2) is 34.6 Å². The molecule has 0 spiro atoms. The maximum Gasteiger partial charge on any atom is 0.301 e. The molecule has 0 unspecified atom stereocenters. The zero-order valence-corrected chi connectivity index (χ0v) is 12.4. The molecule has 0 N–H and O–H groups in total. The summed E-state index contributed by atoms with van der Waals surface area (Å²) in [5.41, 5.74) is 2.05. The van der Waals surface area contributed by atoms with Gasteiger partial charge in [0.15, 0.2) is 4.96 Å². The Morgan fingerprint density at radius 1 is 1.29 bits per heavy atom. The molecule has 0 saturated heterocycles. The maximum absolute atomic E-state index is 12.3. The summed E-state index contributed by atoms with van der Waals surface area (Å²) in [7, 11) is 1.47. The Bertz CT molecular complexity index is 880. The predicted octanol–water partition coefficient (Wildman–Crippen LogP) is 2.64. The van der Waals surface area contributed by atoms with Crippen LogP contribution >= 0.6 is 11.3 Å². The molecule has 21 heavy (non-hydrogen) atoms. The summed E-state index contributed by atoms with van der Waals surface area (Å²) in [4.78, 5) is 21.7. The molecule has 0 aliphatic heterocycles. The Morgan fingerprint density at radius 2 is 2.14 bits per heavy atom. The van der Waals surface area contributed by atoms with E-state index in [1.807, 2.05) is 36.6 Å². The van der Waals surface area contributed by atoms with Crippen LogP contribution in [0.5, 0.6) is 5.75 Å². The fourth-order valence-corrected chi connectivity index (χ4v) is 2.72. The fourth-order valence-electron chi connectivity index (χ4n) is 2.01. The molecular formula is C15H13N3O2S. The van der Waals surface area contributed by atoms with E-state index in [4.69, 9.17) is 4.74 Å². The first-order chi connectivity index (χ1) is 10.2. The number of pyridine rings is 1. The Hall–Kier alpha value is -2.47. The molecule has 0 aromatic carbocycles. The van der Waals surface area contributed by atoms with Crippen LogP contribution in [-0.2, 0) is 0 Å². The Kier molecular flexibility index (Phi) is 3.53. The van der Waals surface area contributed by atoms with Gasteiger partial charge in [-0.05, 0) is 31.2 Å². The van der Waals surface area contributed by atoms with E-state index in [1.165, 1.54) is 22.8 Å². The number of aromatic nitrogens is 3. The van der Waals surface area contributed by atoms with Crippen LogP contribution in [-0.4, -0.2) is 21.5 Å². The fraction of sp³-hybridized carbons (Fsp3) is 0.133. The molecule has 0 radical (unpaired) electrons. The van der Waals surface area contributed by atoms with Crippen molar-refractivity contribution >= 4 is 28.4 Å². The Morgan fingerprint density at radius 3 is 2.90 bits per heavy atom. The minimum absolute atomic E-state index is 0.208. The van der Waals surface area contributed by atoms with E-state index in [2.05, 4.69) is 9.97 Å². The number of hydrogen-bond acceptors (Lipinski definition) is 5. The second kappa shape index (κ2) is 5.49. The monoisotopic (exact) mass is 299 g/mol. The highest BCUT2D eigenvalue weighted by atomic mass is 32.1. The van der Waals surface area contributed by atoms with Crippen LogP contribution < -0.4 is 10.3 Å². The number of thiazole rings is 1. The van der Waals surface area contributed by atoms with Gasteiger partial charge < -0.3 is 4.74 Å². The number of ether oxygens (including phenoxy) is 1. The highest BCUT2D eigenvalue weighted by Gasteiger charge is 2.11. The number of aryl methyl sites for hydroxylation is 1. The summed E-state index contributed by atoms with van der Waals surface area (Å²) in [6.07, 6.45) is 5.26. The van der Waals surface area contributed by atoms with Crippen molar-refractivity contribution in [3.05, 3.63) is 57.2 Å². The molecule has 0 amide bonds. The van der Waals surface area contributed by atoms with Crippen LogP contribution in [0.1, 0.15) is 17.1 Å². The van der Waals surface area contributed by atoms with Gasteiger partial charge in [-0.15, -0.1) is 11.3 Å². The van der Waals surface area contributed by atoms with Crippen LogP contribution in [0.3, 0.4) is 0 Å². The molecular weight excluding hydrogens is 286 g/mol. The molecule has 0 bridgehead atoms. The molecule has 106 valence electrons. The van der Waals surface area contributed by atoms with Crippen LogP contribution in [0, 0.1) is 6.92 Å². The lowest BCUT2D eigenvalue weighted by atomic mass is 10.2. The lowest BCUT2D eigenvalue weighted by Crippen LogP contribution is -2.16. The molecule has 0 saturated carbocycles. The minimum atomic E-state index is -0.208. The number of methoxy groups -OCH3 is 1. The van der Waals surface area contributed by atoms with Gasteiger partial charge in [-0.2, -0.15) is 0 Å². The average molecular weight is 299 g/mol. The van der Waals surface area contributed by atoms with E-state index in [0.29, 0.717) is 10.7 Å². The van der Waals surface area contributed by atoms with Crippen molar-refractivity contribution in [2.45, 2.75) is 6.92 Å². The van der Waals surface area contributed by atoms with Gasteiger partial charge in [0.2, 0.25) is 5.75 Å². The van der Waals surface area contributed by atoms with Crippen LogP contribution in [0.2, 0.25) is 0 Å². The van der Waals surface area contributed by atoms with Crippen LogP contribution in [0.4, 0.5) is 0 Å². The first kappa shape index (κ1) is 13.5. The molecule has 0 atom stereocenters. The lowest BCUT2D eigenvalue weighted by Gasteiger charge is -2.03. The molecule has 5 nitrogen and oxygen atoms in total. The molecule has 3 heterocycles. The maximum atomic E-state index is 12.3. The van der Waals surface area contributed by atoms with Crippen molar-refractivity contribution < 1.29 is 4.74 Å². The molecule has 6 heteroatoms. The average Bonchev–Trinajstić information content (AvgIpc) is 2.94. The second-order valence-corrected chi connectivity index (χ2v) is 5.30. The number of hydrogen-bond donors (Lipinski definition) is 0. The van der Waals surface area contributed by atoms with Gasteiger partial charge in [0, 0.05) is 17.3 Å². The van der Waals surface area contributed by atoms with Gasteiger partial charge in [0.05, 0.1) is 12.8 Å². The summed E-state index contributed by atoms with van der Waals surface area (Å²) in [5.74, 6) is 0.231. The summed E-state index contributed by atoms with van der Waals surface area (Å²) in [6, 6.07) is 5.76. The normalized spacial score (nSPS) is 11.3. The zero-order chi connectivity index (χ0) is 14.8. The van der Waals surface area contributed by atoms with Crippen molar-refractivity contribution in [2.75, 3.05) is 7.11 Å². The summed E-state index contributed by atoms with van der Waals surface area (Å²) >= 11 is 1.41. The number of rotatable bonds is 3. The van der Waals surface area contributed by atoms with Gasteiger partial charge >= 0.3 is 5.56 Å². The van der Waals surface area contributed by atoms with Gasteiger partial charge in [-0.3, -0.25) is 14.2 Å². The van der Waals surface area contributed by atoms with Crippen LogP contribution in [0.25, 0.3) is 17.1 Å². The minimum Gasteiger partial charge on any atom is -0.490 e. The summed E-state index contributed by atoms with van der Waals surface area (Å²) in [5, 5.41) is 1.82. The molecule has 3 rings (SSSR count). The topological polar surface area (TPSA) is 56.5 Å². The van der Waals surface area contributed by atoms with Gasteiger partial charge in [0.1, 0.15) is 5.69 Å². The molecule has 0 aliphatic rings. The largest absolute Gasteiger partial charge is 0.490 e. The summed E-state index contributed by atoms with van der Waals surface area (Å²) in [6.45, 7) is 1.93. The van der Waals surface area contributed by atoms with E-state index in [1.54, 1.807) is 12.3 Å². The third-order valence-electron chi connectivity index (χ3n) is 2.98. The van der Waals surface area contributed by atoms with Crippen molar-refractivity contribution in [1.82, 2.24) is 14.4 Å². The second-order valence-electron chi connectivity index (χ2n) is 4.43. The van der Waals surface area contributed by atoms with E-state index in [0.717, 1.165) is 11.4 Å². The highest BCUT2D eigenvalue weighted by molar-refractivity contribution is 7.15. The third-order valence-corrected chi connectivity index (χ3v) is 3.73. The Balaban J connectivity index is 2.09. The van der Waals surface area contributed by atoms with E-state index >= 15 is 0 Å². The third kappa shape index (κ3) is 2.57. The van der Waals surface area contributed by atoms with Crippen molar-refractivity contribution in [3.63, 3.8) is 0 Å². The SMILES string of the molecule is COc1c(C=Cc2cccc(C)n2)nc2sccn2c1=O. The molecule has 0 aliphatic carbocycles. The van der Waals surface area contributed by atoms with Gasteiger partial charge in [0.25, 0.3) is 0 Å². The first-order valence-electron chi connectivity index (χ1n) is 6.34. The zero-order valence-electron chi connectivity index (χ0n) is 11.6. The predicted molar refractivity (Wildman–Crippen MR) is 83.8 cm³/mol. The van der Waals surface area contributed by atoms with Gasteiger partial charge in [-0.1, -0.05) is 6.07 Å². The van der Waals surface area contributed by atoms with E-state index < -0.39 is 0 Å². The lowest BCUT2D eigenvalue weighted by molar-refractivity contribution is 0.404.